The number of amidine groups is 1. The van der Waals surface area contributed by atoms with E-state index >= 15 is 0 Å². The Labute approximate surface area is 119 Å². The third-order valence-corrected chi connectivity index (χ3v) is 3.96. The van der Waals surface area contributed by atoms with Gasteiger partial charge >= 0.3 is 0 Å². The van der Waals surface area contributed by atoms with Crippen LogP contribution in [0.25, 0.3) is 0 Å². The van der Waals surface area contributed by atoms with Crippen LogP contribution in [0.15, 0.2) is 45.7 Å². The lowest BCUT2D eigenvalue weighted by atomic mass is 10.0. The van der Waals surface area contributed by atoms with Gasteiger partial charge in [-0.2, -0.15) is 0 Å². The average molecular weight is 291 g/mol. The third kappa shape index (κ3) is 2.28. The molecule has 6 heteroatoms. The van der Waals surface area contributed by atoms with Crippen molar-refractivity contribution in [3.05, 3.63) is 51.9 Å². The molecule has 3 N–H and O–H groups in total. The molecule has 0 fully saturated rings. The summed E-state index contributed by atoms with van der Waals surface area (Å²) in [5, 5.41) is 3.56. The zero-order chi connectivity index (χ0) is 13.2. The van der Waals surface area contributed by atoms with Crippen LogP contribution in [-0.4, -0.2) is 18.1 Å². The molecule has 0 saturated heterocycles. The molecule has 0 bridgehead atoms. The number of aliphatic imine (C=N–C) groups is 2. The first-order valence-corrected chi connectivity index (χ1v) is 6.97. The van der Waals surface area contributed by atoms with Crippen LogP contribution in [-0.2, 0) is 0 Å². The summed E-state index contributed by atoms with van der Waals surface area (Å²) in [5.74, 6) is 6.09. The first kappa shape index (κ1) is 12.3. The highest BCUT2D eigenvalue weighted by molar-refractivity contribution is 7.14. The van der Waals surface area contributed by atoms with E-state index in [1.165, 1.54) is 0 Å². The molecule has 1 aliphatic heterocycles. The van der Waals surface area contributed by atoms with E-state index in [2.05, 4.69) is 15.4 Å². The van der Waals surface area contributed by atoms with Gasteiger partial charge in [0, 0.05) is 16.1 Å². The number of thiophene rings is 1. The Hall–Kier alpha value is -1.69. The van der Waals surface area contributed by atoms with Gasteiger partial charge in [0.25, 0.3) is 0 Å². The van der Waals surface area contributed by atoms with Gasteiger partial charge in [0.15, 0.2) is 0 Å². The zero-order valence-electron chi connectivity index (χ0n) is 9.93. The quantitative estimate of drug-likeness (QED) is 0.626. The predicted molar refractivity (Wildman–Crippen MR) is 80.7 cm³/mol. The smallest absolute Gasteiger partial charge is 0.139 e. The Kier molecular flexibility index (Phi) is 3.33. The fourth-order valence-corrected chi connectivity index (χ4v) is 2.94. The van der Waals surface area contributed by atoms with E-state index in [1.807, 2.05) is 35.7 Å². The Morgan fingerprint density at radius 1 is 1.21 bits per heavy atom. The number of rotatable bonds is 1. The number of hydrogen-bond acceptors (Lipinski definition) is 5. The molecule has 19 heavy (non-hydrogen) atoms. The summed E-state index contributed by atoms with van der Waals surface area (Å²) in [6, 6.07) is 9.68. The molecule has 0 saturated carbocycles. The van der Waals surface area contributed by atoms with Crippen molar-refractivity contribution in [3.8, 4) is 0 Å². The van der Waals surface area contributed by atoms with Crippen molar-refractivity contribution in [2.24, 2.45) is 15.8 Å². The van der Waals surface area contributed by atoms with E-state index in [4.69, 9.17) is 17.4 Å². The van der Waals surface area contributed by atoms with Crippen molar-refractivity contribution in [1.29, 1.82) is 0 Å². The van der Waals surface area contributed by atoms with Gasteiger partial charge in [0.1, 0.15) is 10.8 Å². The summed E-state index contributed by atoms with van der Waals surface area (Å²) >= 11 is 7.81. The molecule has 1 aromatic carbocycles. The lowest BCUT2D eigenvalue weighted by Crippen LogP contribution is -2.32. The van der Waals surface area contributed by atoms with Crippen LogP contribution in [0.4, 0.5) is 5.00 Å². The molecule has 1 aliphatic rings. The van der Waals surface area contributed by atoms with Crippen molar-refractivity contribution < 1.29 is 0 Å². The first-order chi connectivity index (χ1) is 9.29. The van der Waals surface area contributed by atoms with Crippen LogP contribution >= 0.6 is 22.9 Å². The summed E-state index contributed by atoms with van der Waals surface area (Å²) in [7, 11) is 0. The highest BCUT2D eigenvalue weighted by Crippen LogP contribution is 2.32. The summed E-state index contributed by atoms with van der Waals surface area (Å²) < 4.78 is 0. The first-order valence-electron chi connectivity index (χ1n) is 5.71. The van der Waals surface area contributed by atoms with Crippen molar-refractivity contribution in [1.82, 2.24) is 5.43 Å². The highest BCUT2D eigenvalue weighted by atomic mass is 35.5. The Balaban J connectivity index is 2.15. The number of nitrogens with zero attached hydrogens (tertiary/aromatic N) is 2. The molecule has 0 unspecified atom stereocenters. The maximum Gasteiger partial charge on any atom is 0.139 e. The van der Waals surface area contributed by atoms with Crippen LogP contribution in [0, 0.1) is 0 Å². The van der Waals surface area contributed by atoms with Gasteiger partial charge in [-0.25, -0.2) is 10.8 Å². The lowest BCUT2D eigenvalue weighted by molar-refractivity contribution is 0.993. The molecule has 3 rings (SSSR count). The molecule has 2 heterocycles. The van der Waals surface area contributed by atoms with E-state index < -0.39 is 0 Å². The summed E-state index contributed by atoms with van der Waals surface area (Å²) in [5.41, 5.74) is 5.34. The number of fused-ring (bicyclic) bond motifs is 1. The second-order valence-corrected chi connectivity index (χ2v) is 5.29. The number of hydrogen-bond donors (Lipinski definition) is 2. The lowest BCUT2D eigenvalue weighted by Gasteiger charge is -2.06. The SMILES string of the molecule is NNC1=Nc2sccc2C(c2ccccc2Cl)=NC1. The fraction of sp³-hybridized carbons (Fsp3) is 0.0769. The Morgan fingerprint density at radius 2 is 2.05 bits per heavy atom. The van der Waals surface area contributed by atoms with Gasteiger partial charge in [-0.1, -0.05) is 29.8 Å². The van der Waals surface area contributed by atoms with Crippen molar-refractivity contribution in [2.45, 2.75) is 0 Å². The molecule has 1 aromatic heterocycles. The average Bonchev–Trinajstić information content (AvgIpc) is 2.80. The van der Waals surface area contributed by atoms with E-state index in [-0.39, 0.29) is 0 Å². The number of halogens is 1. The molecule has 4 nitrogen and oxygen atoms in total. The molecule has 0 radical (unpaired) electrons. The number of benzene rings is 1. The summed E-state index contributed by atoms with van der Waals surface area (Å²) in [6.45, 7) is 0.415. The standard InChI is InChI=1S/C13H11ClN4S/c14-10-4-2-1-3-8(10)12-9-5-6-19-13(9)17-11(18-15)7-16-12/h1-6H,7,15H2,(H,17,18). The van der Waals surface area contributed by atoms with Gasteiger partial charge in [-0.3, -0.25) is 4.99 Å². The van der Waals surface area contributed by atoms with Crippen molar-refractivity contribution in [2.75, 3.05) is 6.54 Å². The van der Waals surface area contributed by atoms with Gasteiger partial charge in [-0.15, -0.1) is 11.3 Å². The number of hydrazine groups is 1. The molecule has 0 spiro atoms. The van der Waals surface area contributed by atoms with Crippen LogP contribution in [0.5, 0.6) is 0 Å². The maximum atomic E-state index is 6.26. The van der Waals surface area contributed by atoms with Gasteiger partial charge in [0.2, 0.25) is 0 Å². The van der Waals surface area contributed by atoms with Crippen LogP contribution in [0.1, 0.15) is 11.1 Å². The molecule has 0 amide bonds. The van der Waals surface area contributed by atoms with Gasteiger partial charge < -0.3 is 5.43 Å². The second kappa shape index (κ2) is 5.13. The van der Waals surface area contributed by atoms with Crippen molar-refractivity contribution in [3.63, 3.8) is 0 Å². The molecule has 2 aromatic rings. The fourth-order valence-electron chi connectivity index (χ4n) is 1.93. The third-order valence-electron chi connectivity index (χ3n) is 2.82. The monoisotopic (exact) mass is 290 g/mol. The minimum Gasteiger partial charge on any atom is -0.310 e. The van der Waals surface area contributed by atoms with Gasteiger partial charge in [0.05, 0.1) is 12.3 Å². The van der Waals surface area contributed by atoms with E-state index in [0.29, 0.717) is 17.4 Å². The second-order valence-electron chi connectivity index (χ2n) is 3.99. The minimum atomic E-state index is 0.415. The maximum absolute atomic E-state index is 6.26. The molecular formula is C13H11ClN4S. The largest absolute Gasteiger partial charge is 0.310 e. The van der Waals surface area contributed by atoms with E-state index in [1.54, 1.807) is 11.3 Å². The molecule has 96 valence electrons. The van der Waals surface area contributed by atoms with E-state index in [9.17, 15) is 0 Å². The number of nitrogens with one attached hydrogen (secondary N) is 1. The van der Waals surface area contributed by atoms with Gasteiger partial charge in [-0.05, 0) is 17.5 Å². The normalized spacial score (nSPS) is 14.2. The van der Waals surface area contributed by atoms with Crippen LogP contribution < -0.4 is 11.3 Å². The highest BCUT2D eigenvalue weighted by Gasteiger charge is 2.18. The Bertz CT molecular complexity index is 675. The van der Waals surface area contributed by atoms with E-state index in [0.717, 1.165) is 21.8 Å². The van der Waals surface area contributed by atoms with Crippen LogP contribution in [0.2, 0.25) is 5.02 Å². The summed E-state index contributed by atoms with van der Waals surface area (Å²) in [6.07, 6.45) is 0. The van der Waals surface area contributed by atoms with Crippen molar-refractivity contribution >= 4 is 39.5 Å². The number of nitrogens with two attached hydrogens (primary N) is 1. The summed E-state index contributed by atoms with van der Waals surface area (Å²) in [4.78, 5) is 9.05. The molecular weight excluding hydrogens is 280 g/mol. The molecule has 0 aliphatic carbocycles. The molecule has 0 atom stereocenters. The van der Waals surface area contributed by atoms with Crippen LogP contribution in [0.3, 0.4) is 0 Å². The predicted octanol–water partition coefficient (Wildman–Crippen LogP) is 2.75. The topological polar surface area (TPSA) is 62.8 Å². The zero-order valence-corrected chi connectivity index (χ0v) is 11.5. The minimum absolute atomic E-state index is 0.415. The Morgan fingerprint density at radius 3 is 2.84 bits per heavy atom.